The fraction of sp³-hybridized carbons (Fsp3) is 0.105. The average molecular weight is 397 g/mol. The molecule has 3 heterocycles. The lowest BCUT2D eigenvalue weighted by atomic mass is 10.0. The van der Waals surface area contributed by atoms with E-state index in [0.29, 0.717) is 16.6 Å². The maximum Gasteiger partial charge on any atom is 0.184 e. The molecule has 7 nitrogen and oxygen atoms in total. The van der Waals surface area contributed by atoms with Crippen LogP contribution < -0.4 is 5.73 Å². The third kappa shape index (κ3) is 2.99. The minimum absolute atomic E-state index is 0.0441. The number of nitrogens with zero attached hydrogens (tertiary/aromatic N) is 4. The predicted octanol–water partition coefficient (Wildman–Crippen LogP) is 2.73. The Morgan fingerprint density at radius 2 is 1.96 bits per heavy atom. The molecule has 0 bridgehead atoms. The highest BCUT2D eigenvalue weighted by Gasteiger charge is 2.22. The van der Waals surface area contributed by atoms with E-state index in [-0.39, 0.29) is 21.8 Å². The first-order valence-corrected chi connectivity index (χ1v) is 10.00. The van der Waals surface area contributed by atoms with Crippen molar-refractivity contribution in [3.05, 3.63) is 66.6 Å². The molecular weight excluding hydrogens is 381 g/mol. The van der Waals surface area contributed by atoms with Gasteiger partial charge in [0.05, 0.1) is 16.0 Å². The van der Waals surface area contributed by atoms with Crippen molar-refractivity contribution < 1.29 is 12.8 Å². The van der Waals surface area contributed by atoms with Crippen molar-refractivity contribution in [2.75, 3.05) is 5.73 Å². The van der Waals surface area contributed by atoms with Crippen LogP contribution in [0.5, 0.6) is 0 Å². The molecule has 0 aliphatic carbocycles. The van der Waals surface area contributed by atoms with Gasteiger partial charge in [0, 0.05) is 42.3 Å². The molecule has 2 N–H and O–H groups in total. The highest BCUT2D eigenvalue weighted by atomic mass is 32.2. The largest absolute Gasteiger partial charge is 0.383 e. The van der Waals surface area contributed by atoms with Gasteiger partial charge in [-0.15, -0.1) is 0 Å². The standard InChI is InChI=1S/C19H16FN5O2S/c1-25-9-15(16-18(21)23-11-24-19(16)25)14-6-2-4-12(17(14)20)10-28(26,27)13-5-3-7-22-8-13/h2-9,11H,10H2,1H3,(H2,21,23,24). The van der Waals surface area contributed by atoms with Crippen LogP contribution in [0.1, 0.15) is 5.56 Å². The topological polar surface area (TPSA) is 104 Å². The quantitative estimate of drug-likeness (QED) is 0.568. The Labute approximate surface area is 160 Å². The lowest BCUT2D eigenvalue weighted by molar-refractivity contribution is 0.587. The van der Waals surface area contributed by atoms with Crippen molar-refractivity contribution in [3.8, 4) is 11.1 Å². The fourth-order valence-electron chi connectivity index (χ4n) is 3.16. The Bertz CT molecular complexity index is 1290. The Kier molecular flexibility index (Phi) is 4.31. The van der Waals surface area contributed by atoms with Crippen LogP contribution in [-0.4, -0.2) is 27.9 Å². The molecule has 0 saturated heterocycles. The van der Waals surface area contributed by atoms with E-state index >= 15 is 4.39 Å². The van der Waals surface area contributed by atoms with Crippen molar-refractivity contribution in [3.63, 3.8) is 0 Å². The summed E-state index contributed by atoms with van der Waals surface area (Å²) in [5, 5.41) is 0.524. The molecule has 0 atom stereocenters. The third-order valence-corrected chi connectivity index (χ3v) is 6.14. The fourth-order valence-corrected chi connectivity index (χ4v) is 4.46. The molecule has 0 radical (unpaired) electrons. The van der Waals surface area contributed by atoms with Gasteiger partial charge in [-0.05, 0) is 12.1 Å². The van der Waals surface area contributed by atoms with Gasteiger partial charge in [-0.2, -0.15) is 0 Å². The number of halogens is 1. The number of nitrogen functional groups attached to an aromatic ring is 1. The minimum Gasteiger partial charge on any atom is -0.383 e. The molecule has 9 heteroatoms. The Morgan fingerprint density at radius 1 is 1.14 bits per heavy atom. The van der Waals surface area contributed by atoms with Crippen molar-refractivity contribution in [2.24, 2.45) is 7.05 Å². The predicted molar refractivity (Wildman–Crippen MR) is 103 cm³/mol. The maximum absolute atomic E-state index is 15.3. The molecule has 0 aliphatic heterocycles. The average Bonchev–Trinajstić information content (AvgIpc) is 3.02. The number of aryl methyl sites for hydroxylation is 1. The minimum atomic E-state index is -3.74. The van der Waals surface area contributed by atoms with Gasteiger partial charge in [0.15, 0.2) is 9.84 Å². The first-order chi connectivity index (χ1) is 13.4. The number of aromatic nitrogens is 4. The highest BCUT2D eigenvalue weighted by molar-refractivity contribution is 7.90. The number of nitrogens with two attached hydrogens (primary N) is 1. The summed E-state index contributed by atoms with van der Waals surface area (Å²) in [5.74, 6) is -0.867. The number of fused-ring (bicyclic) bond motifs is 1. The molecule has 0 amide bonds. The van der Waals surface area contributed by atoms with E-state index in [4.69, 9.17) is 5.73 Å². The lowest BCUT2D eigenvalue weighted by Crippen LogP contribution is -2.07. The van der Waals surface area contributed by atoms with E-state index in [1.165, 1.54) is 36.9 Å². The van der Waals surface area contributed by atoms with Gasteiger partial charge in [0.1, 0.15) is 23.6 Å². The van der Waals surface area contributed by atoms with E-state index in [0.717, 1.165) is 0 Å². The molecule has 3 aromatic heterocycles. The van der Waals surface area contributed by atoms with Crippen molar-refractivity contribution >= 4 is 26.7 Å². The molecule has 0 aliphatic rings. The van der Waals surface area contributed by atoms with Crippen LogP contribution in [0.3, 0.4) is 0 Å². The van der Waals surface area contributed by atoms with Gasteiger partial charge in [0.2, 0.25) is 0 Å². The maximum atomic E-state index is 15.3. The van der Waals surface area contributed by atoms with Crippen LogP contribution in [0.4, 0.5) is 10.2 Å². The number of hydrogen-bond donors (Lipinski definition) is 1. The van der Waals surface area contributed by atoms with Crippen LogP contribution >= 0.6 is 0 Å². The number of anilines is 1. The molecule has 4 rings (SSSR count). The first kappa shape index (κ1) is 18.1. The zero-order valence-corrected chi connectivity index (χ0v) is 15.7. The molecule has 0 unspecified atom stereocenters. The molecule has 0 spiro atoms. The Balaban J connectivity index is 1.83. The van der Waals surface area contributed by atoms with Crippen molar-refractivity contribution in [2.45, 2.75) is 10.6 Å². The molecule has 0 fully saturated rings. The second kappa shape index (κ2) is 6.68. The second-order valence-corrected chi connectivity index (χ2v) is 8.33. The third-order valence-electron chi connectivity index (χ3n) is 4.49. The van der Waals surface area contributed by atoms with E-state index in [1.807, 2.05) is 0 Å². The number of hydrogen-bond acceptors (Lipinski definition) is 6. The summed E-state index contributed by atoms with van der Waals surface area (Å²) in [6, 6.07) is 7.62. The number of benzene rings is 1. The van der Waals surface area contributed by atoms with Gasteiger partial charge in [0.25, 0.3) is 0 Å². The van der Waals surface area contributed by atoms with Crippen LogP contribution in [0.2, 0.25) is 0 Å². The van der Waals surface area contributed by atoms with Crippen molar-refractivity contribution in [1.82, 2.24) is 19.5 Å². The summed E-state index contributed by atoms with van der Waals surface area (Å²) in [4.78, 5) is 12.0. The Morgan fingerprint density at radius 3 is 2.71 bits per heavy atom. The zero-order valence-electron chi connectivity index (χ0n) is 14.9. The van der Waals surface area contributed by atoms with Gasteiger partial charge < -0.3 is 10.3 Å². The van der Waals surface area contributed by atoms with Crippen LogP contribution in [0, 0.1) is 5.82 Å². The van der Waals surface area contributed by atoms with E-state index in [1.54, 1.807) is 29.9 Å². The number of sulfone groups is 1. The zero-order chi connectivity index (χ0) is 19.9. The molecule has 0 saturated carbocycles. The van der Waals surface area contributed by atoms with Gasteiger partial charge in [-0.25, -0.2) is 22.8 Å². The second-order valence-electron chi connectivity index (χ2n) is 6.34. The molecule has 28 heavy (non-hydrogen) atoms. The van der Waals surface area contributed by atoms with Crippen LogP contribution in [-0.2, 0) is 22.6 Å². The van der Waals surface area contributed by atoms with E-state index < -0.39 is 21.4 Å². The molecule has 1 aromatic carbocycles. The molecular formula is C19H16FN5O2S. The summed E-state index contributed by atoms with van der Waals surface area (Å²) in [6.07, 6.45) is 5.77. The van der Waals surface area contributed by atoms with Gasteiger partial charge >= 0.3 is 0 Å². The van der Waals surface area contributed by atoms with Crippen LogP contribution in [0.15, 0.2) is 60.1 Å². The van der Waals surface area contributed by atoms with Crippen LogP contribution in [0.25, 0.3) is 22.2 Å². The van der Waals surface area contributed by atoms with Gasteiger partial charge in [-0.3, -0.25) is 4.98 Å². The Hall–Kier alpha value is -3.33. The van der Waals surface area contributed by atoms with Gasteiger partial charge in [-0.1, -0.05) is 18.2 Å². The summed E-state index contributed by atoms with van der Waals surface area (Å²) in [7, 11) is -1.97. The summed E-state index contributed by atoms with van der Waals surface area (Å²) < 4.78 is 42.3. The lowest BCUT2D eigenvalue weighted by Gasteiger charge is -2.09. The summed E-state index contributed by atoms with van der Waals surface area (Å²) >= 11 is 0. The number of pyridine rings is 1. The highest BCUT2D eigenvalue weighted by Crippen LogP contribution is 2.35. The van der Waals surface area contributed by atoms with E-state index in [2.05, 4.69) is 15.0 Å². The van der Waals surface area contributed by atoms with E-state index in [9.17, 15) is 8.42 Å². The first-order valence-electron chi connectivity index (χ1n) is 8.34. The summed E-state index contributed by atoms with van der Waals surface area (Å²) in [5.41, 5.74) is 7.36. The SMILES string of the molecule is Cn1cc(-c2cccc(CS(=O)(=O)c3cccnc3)c2F)c2c(N)ncnc21. The monoisotopic (exact) mass is 397 g/mol. The summed E-state index contributed by atoms with van der Waals surface area (Å²) in [6.45, 7) is 0. The van der Waals surface area contributed by atoms with Crippen molar-refractivity contribution in [1.29, 1.82) is 0 Å². The normalized spacial score (nSPS) is 11.8. The molecule has 4 aromatic rings. The smallest absolute Gasteiger partial charge is 0.184 e. The number of rotatable bonds is 4. The molecule has 142 valence electrons.